The van der Waals surface area contributed by atoms with Crippen molar-refractivity contribution < 1.29 is 13.9 Å². The molecule has 1 aromatic rings. The highest BCUT2D eigenvalue weighted by Gasteiger charge is 2.07. The number of ether oxygens (including phenoxy) is 1. The number of benzene rings is 1. The molecular formula is C14H20FNO2. The van der Waals surface area contributed by atoms with Gasteiger partial charge in [0, 0.05) is 13.0 Å². The molecule has 0 bridgehead atoms. The summed E-state index contributed by atoms with van der Waals surface area (Å²) in [6.45, 7) is 4.48. The molecule has 0 aliphatic carbocycles. The van der Waals surface area contributed by atoms with Crippen molar-refractivity contribution in [2.45, 2.75) is 26.7 Å². The molecule has 0 atom stereocenters. The quantitative estimate of drug-likeness (QED) is 0.846. The number of carbonyl (C=O) groups is 1. The van der Waals surface area contributed by atoms with Crippen LogP contribution in [0.1, 0.15) is 25.8 Å². The Morgan fingerprint density at radius 1 is 1.44 bits per heavy atom. The molecule has 0 fully saturated rings. The Kier molecular flexibility index (Phi) is 5.62. The molecular weight excluding hydrogens is 233 g/mol. The second-order valence-corrected chi connectivity index (χ2v) is 4.65. The first-order chi connectivity index (χ1) is 8.52. The predicted molar refractivity (Wildman–Crippen MR) is 69.1 cm³/mol. The van der Waals surface area contributed by atoms with Gasteiger partial charge in [-0.3, -0.25) is 4.79 Å². The Morgan fingerprint density at radius 3 is 2.78 bits per heavy atom. The molecule has 0 aromatic heterocycles. The van der Waals surface area contributed by atoms with E-state index in [4.69, 9.17) is 4.74 Å². The summed E-state index contributed by atoms with van der Waals surface area (Å²) in [5, 5.41) is 2.82. The van der Waals surface area contributed by atoms with Crippen LogP contribution in [0.5, 0.6) is 5.75 Å². The van der Waals surface area contributed by atoms with E-state index in [1.54, 1.807) is 13.2 Å². The van der Waals surface area contributed by atoms with Crippen molar-refractivity contribution in [3.8, 4) is 5.75 Å². The highest BCUT2D eigenvalue weighted by atomic mass is 19.1. The summed E-state index contributed by atoms with van der Waals surface area (Å²) in [6, 6.07) is 4.40. The minimum Gasteiger partial charge on any atom is -0.496 e. The van der Waals surface area contributed by atoms with E-state index in [1.165, 1.54) is 12.1 Å². The lowest BCUT2D eigenvalue weighted by Gasteiger charge is -2.10. The molecule has 0 saturated heterocycles. The van der Waals surface area contributed by atoms with Crippen LogP contribution in [-0.4, -0.2) is 19.6 Å². The number of nitrogens with one attached hydrogen (secondary N) is 1. The highest BCUT2D eigenvalue weighted by Crippen LogP contribution is 2.19. The van der Waals surface area contributed by atoms with Crippen LogP contribution in [0, 0.1) is 11.7 Å². The lowest BCUT2D eigenvalue weighted by molar-refractivity contribution is -0.121. The molecule has 1 amide bonds. The van der Waals surface area contributed by atoms with Crippen LogP contribution >= 0.6 is 0 Å². The van der Waals surface area contributed by atoms with Gasteiger partial charge in [0.15, 0.2) is 0 Å². The first kappa shape index (κ1) is 14.5. The molecule has 1 rings (SSSR count). The molecule has 1 N–H and O–H groups in total. The third-order valence-corrected chi connectivity index (χ3v) is 2.55. The third-order valence-electron chi connectivity index (χ3n) is 2.55. The zero-order valence-electron chi connectivity index (χ0n) is 11.1. The largest absolute Gasteiger partial charge is 0.496 e. The number of rotatable bonds is 6. The Labute approximate surface area is 107 Å². The average Bonchev–Trinajstić information content (AvgIpc) is 2.28. The van der Waals surface area contributed by atoms with Crippen molar-refractivity contribution in [3.63, 3.8) is 0 Å². The van der Waals surface area contributed by atoms with Crippen LogP contribution in [0.3, 0.4) is 0 Å². The van der Waals surface area contributed by atoms with Crippen LogP contribution in [-0.2, 0) is 11.2 Å². The molecule has 4 heteroatoms. The molecule has 0 heterocycles. The number of carbonyl (C=O) groups excluding carboxylic acids is 1. The van der Waals surface area contributed by atoms with Gasteiger partial charge in [0.2, 0.25) is 5.91 Å². The van der Waals surface area contributed by atoms with E-state index < -0.39 is 0 Å². The second kappa shape index (κ2) is 6.99. The smallest absolute Gasteiger partial charge is 0.220 e. The van der Waals surface area contributed by atoms with Crippen molar-refractivity contribution in [1.29, 1.82) is 0 Å². The van der Waals surface area contributed by atoms with Crippen LogP contribution < -0.4 is 10.1 Å². The molecule has 100 valence electrons. The molecule has 0 spiro atoms. The first-order valence-corrected chi connectivity index (χ1v) is 6.12. The first-order valence-electron chi connectivity index (χ1n) is 6.12. The Hall–Kier alpha value is -1.58. The molecule has 0 aliphatic heterocycles. The summed E-state index contributed by atoms with van der Waals surface area (Å²) in [7, 11) is 1.55. The van der Waals surface area contributed by atoms with E-state index in [9.17, 15) is 9.18 Å². The monoisotopic (exact) mass is 253 g/mol. The van der Waals surface area contributed by atoms with Crippen LogP contribution in [0.4, 0.5) is 4.39 Å². The van der Waals surface area contributed by atoms with Gasteiger partial charge in [-0.25, -0.2) is 4.39 Å². The van der Waals surface area contributed by atoms with Crippen LogP contribution in [0.15, 0.2) is 18.2 Å². The maximum atomic E-state index is 13.1. The fourth-order valence-electron chi connectivity index (χ4n) is 1.72. The number of methoxy groups -OCH3 is 1. The summed E-state index contributed by atoms with van der Waals surface area (Å²) < 4.78 is 18.2. The molecule has 0 aliphatic rings. The fourth-order valence-corrected chi connectivity index (χ4v) is 1.72. The van der Waals surface area contributed by atoms with Crippen LogP contribution in [0.2, 0.25) is 0 Å². The normalized spacial score (nSPS) is 10.5. The maximum absolute atomic E-state index is 13.1. The lowest BCUT2D eigenvalue weighted by atomic mass is 10.1. The summed E-state index contributed by atoms with van der Waals surface area (Å²) in [6.07, 6.45) is 1.07. The van der Waals surface area contributed by atoms with Gasteiger partial charge in [-0.05, 0) is 36.1 Å². The van der Waals surface area contributed by atoms with Crippen molar-refractivity contribution in [3.05, 3.63) is 29.6 Å². The van der Waals surface area contributed by atoms with Crippen molar-refractivity contribution in [2.75, 3.05) is 13.7 Å². The zero-order valence-corrected chi connectivity index (χ0v) is 11.1. The van der Waals surface area contributed by atoms with Crippen molar-refractivity contribution >= 4 is 5.91 Å². The van der Waals surface area contributed by atoms with Crippen molar-refractivity contribution in [2.24, 2.45) is 5.92 Å². The van der Waals surface area contributed by atoms with Gasteiger partial charge in [0.05, 0.1) is 7.11 Å². The standard InChI is InChI=1S/C14H20FNO2/c1-10(2)8-14(17)16-7-6-11-9-12(15)4-5-13(11)18-3/h4-5,9-10H,6-8H2,1-3H3,(H,16,17). The predicted octanol–water partition coefficient (Wildman–Crippen LogP) is 2.54. The van der Waals surface area contributed by atoms with Gasteiger partial charge in [0.25, 0.3) is 0 Å². The van der Waals surface area contributed by atoms with E-state index in [0.29, 0.717) is 31.1 Å². The zero-order chi connectivity index (χ0) is 13.5. The molecule has 0 radical (unpaired) electrons. The molecule has 0 saturated carbocycles. The number of halogens is 1. The van der Waals surface area contributed by atoms with Gasteiger partial charge in [-0.15, -0.1) is 0 Å². The van der Waals surface area contributed by atoms with Crippen molar-refractivity contribution in [1.82, 2.24) is 5.32 Å². The average molecular weight is 253 g/mol. The summed E-state index contributed by atoms with van der Waals surface area (Å²) >= 11 is 0. The van der Waals surface area contributed by atoms with E-state index in [2.05, 4.69) is 5.32 Å². The third kappa shape index (κ3) is 4.73. The number of amides is 1. The van der Waals surface area contributed by atoms with E-state index in [1.807, 2.05) is 13.8 Å². The molecule has 0 unspecified atom stereocenters. The second-order valence-electron chi connectivity index (χ2n) is 4.65. The number of hydrogen-bond donors (Lipinski definition) is 1. The van der Waals surface area contributed by atoms with E-state index in [0.717, 1.165) is 5.56 Å². The lowest BCUT2D eigenvalue weighted by Crippen LogP contribution is -2.26. The van der Waals surface area contributed by atoms with E-state index >= 15 is 0 Å². The topological polar surface area (TPSA) is 38.3 Å². The summed E-state index contributed by atoms with van der Waals surface area (Å²) in [5.41, 5.74) is 0.766. The molecule has 1 aromatic carbocycles. The Balaban J connectivity index is 2.48. The summed E-state index contributed by atoms with van der Waals surface area (Å²) in [4.78, 5) is 11.4. The minimum atomic E-state index is -0.292. The Bertz CT molecular complexity index is 405. The SMILES string of the molecule is COc1ccc(F)cc1CCNC(=O)CC(C)C. The summed E-state index contributed by atoms with van der Waals surface area (Å²) in [5.74, 6) is 0.725. The fraction of sp³-hybridized carbons (Fsp3) is 0.500. The van der Waals surface area contributed by atoms with E-state index in [-0.39, 0.29) is 11.7 Å². The van der Waals surface area contributed by atoms with Gasteiger partial charge < -0.3 is 10.1 Å². The number of hydrogen-bond acceptors (Lipinski definition) is 2. The highest BCUT2D eigenvalue weighted by molar-refractivity contribution is 5.76. The van der Waals surface area contributed by atoms with Crippen LogP contribution in [0.25, 0.3) is 0 Å². The molecule has 18 heavy (non-hydrogen) atoms. The van der Waals surface area contributed by atoms with Gasteiger partial charge >= 0.3 is 0 Å². The van der Waals surface area contributed by atoms with Gasteiger partial charge in [-0.1, -0.05) is 13.8 Å². The maximum Gasteiger partial charge on any atom is 0.220 e. The molecule has 3 nitrogen and oxygen atoms in total. The van der Waals surface area contributed by atoms with Gasteiger partial charge in [-0.2, -0.15) is 0 Å². The minimum absolute atomic E-state index is 0.0281. The Morgan fingerprint density at radius 2 is 2.17 bits per heavy atom. The van der Waals surface area contributed by atoms with Gasteiger partial charge in [0.1, 0.15) is 11.6 Å².